The van der Waals surface area contributed by atoms with Gasteiger partial charge in [-0.25, -0.2) is 9.97 Å². The molecule has 0 bridgehead atoms. The summed E-state index contributed by atoms with van der Waals surface area (Å²) < 4.78 is 0. The van der Waals surface area contributed by atoms with Crippen LogP contribution in [0.2, 0.25) is 0 Å². The Balaban J connectivity index is 2.11. The summed E-state index contributed by atoms with van der Waals surface area (Å²) in [4.78, 5) is 24.8. The molecule has 6 heteroatoms. The van der Waals surface area contributed by atoms with Crippen molar-refractivity contribution in [1.29, 1.82) is 0 Å². The molecule has 0 spiro atoms. The molecule has 0 radical (unpaired) electrons. The van der Waals surface area contributed by atoms with Crippen LogP contribution in [0.1, 0.15) is 30.6 Å². The molecule has 2 aromatic rings. The number of hydrogen-bond acceptors (Lipinski definition) is 5. The van der Waals surface area contributed by atoms with Gasteiger partial charge in [-0.1, -0.05) is 0 Å². The van der Waals surface area contributed by atoms with Gasteiger partial charge < -0.3 is 5.32 Å². The van der Waals surface area contributed by atoms with Gasteiger partial charge in [0.05, 0.1) is 6.04 Å². The fourth-order valence-electron chi connectivity index (χ4n) is 2.13. The number of thioether (sulfide) groups is 1. The van der Waals surface area contributed by atoms with Crippen molar-refractivity contribution >= 4 is 17.7 Å². The van der Waals surface area contributed by atoms with Gasteiger partial charge >= 0.3 is 0 Å². The summed E-state index contributed by atoms with van der Waals surface area (Å²) in [5.74, 6) is 1.55. The third-order valence-electron chi connectivity index (χ3n) is 3.33. The lowest BCUT2D eigenvalue weighted by Crippen LogP contribution is -2.27. The molecule has 0 aliphatic heterocycles. The Morgan fingerprint density at radius 1 is 1.36 bits per heavy atom. The van der Waals surface area contributed by atoms with Crippen molar-refractivity contribution in [3.63, 3.8) is 0 Å². The number of carbonyl (C=O) groups is 1. The molecule has 116 valence electrons. The number of carbonyl (C=O) groups excluding carboxylic acids is 1. The molecule has 2 heterocycles. The topological polar surface area (TPSA) is 67.8 Å². The Bertz CT molecular complexity index is 633. The molecule has 2 rings (SSSR count). The van der Waals surface area contributed by atoms with Crippen LogP contribution in [0.15, 0.2) is 30.7 Å². The quantitative estimate of drug-likeness (QED) is 0.887. The third kappa shape index (κ3) is 4.27. The molecule has 0 saturated carbocycles. The van der Waals surface area contributed by atoms with Crippen LogP contribution in [0.5, 0.6) is 0 Å². The Morgan fingerprint density at radius 2 is 2.09 bits per heavy atom. The summed E-state index contributed by atoms with van der Waals surface area (Å²) in [5.41, 5.74) is 2.75. The molecule has 0 aromatic carbocycles. The summed E-state index contributed by atoms with van der Waals surface area (Å²) in [6.45, 7) is 3.89. The molecule has 0 fully saturated rings. The van der Waals surface area contributed by atoms with Gasteiger partial charge in [-0.15, -0.1) is 0 Å². The summed E-state index contributed by atoms with van der Waals surface area (Å²) in [6.07, 6.45) is 7.75. The first-order valence-corrected chi connectivity index (χ1v) is 8.53. The van der Waals surface area contributed by atoms with Crippen LogP contribution in [0.25, 0.3) is 11.4 Å². The van der Waals surface area contributed by atoms with E-state index in [0.717, 1.165) is 22.6 Å². The number of aryl methyl sites for hydroxylation is 1. The smallest absolute Gasteiger partial charge is 0.221 e. The first-order chi connectivity index (χ1) is 10.6. The van der Waals surface area contributed by atoms with Gasteiger partial charge in [-0.2, -0.15) is 11.8 Å². The predicted octanol–water partition coefficient (Wildman–Crippen LogP) is 2.78. The van der Waals surface area contributed by atoms with Gasteiger partial charge in [0.2, 0.25) is 5.91 Å². The molecule has 5 nitrogen and oxygen atoms in total. The van der Waals surface area contributed by atoms with E-state index in [2.05, 4.69) is 20.3 Å². The van der Waals surface area contributed by atoms with Crippen molar-refractivity contribution in [3.05, 3.63) is 42.0 Å². The number of hydrogen-bond donors (Lipinski definition) is 1. The van der Waals surface area contributed by atoms with Gasteiger partial charge in [0.15, 0.2) is 5.82 Å². The minimum absolute atomic E-state index is 0.0551. The molecular weight excluding hydrogens is 296 g/mol. The van der Waals surface area contributed by atoms with E-state index in [-0.39, 0.29) is 11.9 Å². The van der Waals surface area contributed by atoms with Crippen molar-refractivity contribution in [2.75, 3.05) is 12.0 Å². The van der Waals surface area contributed by atoms with Crippen LogP contribution in [-0.4, -0.2) is 32.9 Å². The Kier molecular flexibility index (Phi) is 5.89. The number of rotatable bonds is 6. The fraction of sp³-hybridized carbons (Fsp3) is 0.375. The van der Waals surface area contributed by atoms with E-state index in [1.807, 2.05) is 32.2 Å². The highest BCUT2D eigenvalue weighted by atomic mass is 32.2. The molecule has 0 aliphatic rings. The lowest BCUT2D eigenvalue weighted by Gasteiger charge is -2.16. The average molecular weight is 316 g/mol. The zero-order valence-electron chi connectivity index (χ0n) is 13.0. The highest BCUT2D eigenvalue weighted by molar-refractivity contribution is 7.98. The minimum Gasteiger partial charge on any atom is -0.349 e. The molecular formula is C16H20N4OS. The summed E-state index contributed by atoms with van der Waals surface area (Å²) >= 11 is 1.66. The van der Waals surface area contributed by atoms with Crippen molar-refractivity contribution in [1.82, 2.24) is 20.3 Å². The lowest BCUT2D eigenvalue weighted by molar-refractivity contribution is -0.121. The highest BCUT2D eigenvalue weighted by Crippen LogP contribution is 2.19. The first-order valence-electron chi connectivity index (χ1n) is 7.14. The van der Waals surface area contributed by atoms with Crippen LogP contribution < -0.4 is 5.32 Å². The Hall–Kier alpha value is -1.95. The standard InChI is InChI=1S/C16H20N4OS/c1-11(19-15(21)6-9-22-3)14-10-18-16(20-12(14)2)13-4-7-17-8-5-13/h4-5,7-8,10-11H,6,9H2,1-3H3,(H,19,21)/t11-/m0/s1. The van der Waals surface area contributed by atoms with E-state index in [1.54, 1.807) is 30.4 Å². The van der Waals surface area contributed by atoms with Crippen LogP contribution in [-0.2, 0) is 4.79 Å². The van der Waals surface area contributed by atoms with Gasteiger partial charge in [0, 0.05) is 47.6 Å². The van der Waals surface area contributed by atoms with E-state index in [1.165, 1.54) is 0 Å². The maximum atomic E-state index is 11.8. The zero-order chi connectivity index (χ0) is 15.9. The number of aromatic nitrogens is 3. The van der Waals surface area contributed by atoms with Gasteiger partial charge in [-0.3, -0.25) is 9.78 Å². The predicted molar refractivity (Wildman–Crippen MR) is 89.6 cm³/mol. The van der Waals surface area contributed by atoms with Gasteiger partial charge in [0.1, 0.15) is 0 Å². The molecule has 1 amide bonds. The van der Waals surface area contributed by atoms with E-state index in [9.17, 15) is 4.79 Å². The van der Waals surface area contributed by atoms with Crippen LogP contribution in [0, 0.1) is 6.92 Å². The normalized spacial score (nSPS) is 12.0. The number of nitrogens with one attached hydrogen (secondary N) is 1. The summed E-state index contributed by atoms with van der Waals surface area (Å²) in [7, 11) is 0. The van der Waals surface area contributed by atoms with Crippen molar-refractivity contribution in [3.8, 4) is 11.4 Å². The molecule has 22 heavy (non-hydrogen) atoms. The monoisotopic (exact) mass is 316 g/mol. The second-order valence-electron chi connectivity index (χ2n) is 5.00. The summed E-state index contributed by atoms with van der Waals surface area (Å²) in [6, 6.07) is 3.66. The van der Waals surface area contributed by atoms with E-state index >= 15 is 0 Å². The average Bonchev–Trinajstić information content (AvgIpc) is 2.53. The SMILES string of the molecule is CSCCC(=O)N[C@@H](C)c1cnc(-c2ccncc2)nc1C. The second kappa shape index (κ2) is 7.89. The highest BCUT2D eigenvalue weighted by Gasteiger charge is 2.14. The van der Waals surface area contributed by atoms with E-state index < -0.39 is 0 Å². The molecule has 0 aliphatic carbocycles. The molecule has 1 N–H and O–H groups in total. The number of pyridine rings is 1. The first kappa shape index (κ1) is 16.4. The summed E-state index contributed by atoms with van der Waals surface area (Å²) in [5, 5.41) is 2.99. The van der Waals surface area contributed by atoms with E-state index in [4.69, 9.17) is 0 Å². The van der Waals surface area contributed by atoms with Crippen molar-refractivity contribution < 1.29 is 4.79 Å². The zero-order valence-corrected chi connectivity index (χ0v) is 13.9. The largest absolute Gasteiger partial charge is 0.349 e. The van der Waals surface area contributed by atoms with Crippen LogP contribution in [0.3, 0.4) is 0 Å². The Labute approximate surface area is 135 Å². The maximum absolute atomic E-state index is 11.8. The van der Waals surface area contributed by atoms with Crippen LogP contribution >= 0.6 is 11.8 Å². The molecule has 2 aromatic heterocycles. The molecule has 1 atom stereocenters. The Morgan fingerprint density at radius 3 is 2.73 bits per heavy atom. The molecule has 0 unspecified atom stereocenters. The number of amides is 1. The lowest BCUT2D eigenvalue weighted by atomic mass is 10.1. The molecule has 0 saturated heterocycles. The van der Waals surface area contributed by atoms with E-state index in [0.29, 0.717) is 12.2 Å². The van der Waals surface area contributed by atoms with Crippen molar-refractivity contribution in [2.45, 2.75) is 26.3 Å². The third-order valence-corrected chi connectivity index (χ3v) is 3.95. The maximum Gasteiger partial charge on any atom is 0.221 e. The second-order valence-corrected chi connectivity index (χ2v) is 5.99. The van der Waals surface area contributed by atoms with Crippen molar-refractivity contribution in [2.24, 2.45) is 0 Å². The van der Waals surface area contributed by atoms with Crippen LogP contribution in [0.4, 0.5) is 0 Å². The van der Waals surface area contributed by atoms with Gasteiger partial charge in [0.25, 0.3) is 0 Å². The fourth-order valence-corrected chi connectivity index (χ4v) is 2.52. The van der Waals surface area contributed by atoms with Gasteiger partial charge in [-0.05, 0) is 32.2 Å². The minimum atomic E-state index is -0.0964. The number of nitrogens with zero attached hydrogens (tertiary/aromatic N) is 3.